The summed E-state index contributed by atoms with van der Waals surface area (Å²) in [4.78, 5) is 14.1. The van der Waals surface area contributed by atoms with Crippen molar-refractivity contribution in [1.82, 2.24) is 4.31 Å². The Kier molecular flexibility index (Phi) is 4.53. The molecule has 0 bridgehead atoms. The van der Waals surface area contributed by atoms with Gasteiger partial charge in [-0.15, -0.1) is 11.3 Å². The van der Waals surface area contributed by atoms with Gasteiger partial charge in [0.05, 0.1) is 5.56 Å². The largest absolute Gasteiger partial charge is 0.488 e. The maximum absolute atomic E-state index is 12.0. The van der Waals surface area contributed by atoms with Crippen molar-refractivity contribution in [2.75, 3.05) is 13.1 Å². The molecule has 6 heteroatoms. The standard InChI is InChI=1S/C20H23NO3S2/c1-20(2)8-7-16-15(9-20)17(19(22)23)18(26-16)12-3-5-13(6-4-12)24-14-10-21(25)11-14/h3-6,14,25H,7-11H2,1-2H3,(H,22,23). The third kappa shape index (κ3) is 3.38. The van der Waals surface area contributed by atoms with Crippen molar-refractivity contribution in [3.8, 4) is 16.2 Å². The molecule has 0 spiro atoms. The maximum Gasteiger partial charge on any atom is 0.337 e. The Balaban J connectivity index is 1.63. The summed E-state index contributed by atoms with van der Waals surface area (Å²) < 4.78 is 7.81. The summed E-state index contributed by atoms with van der Waals surface area (Å²) in [5, 5.41) is 9.85. The minimum Gasteiger partial charge on any atom is -0.488 e. The number of fused-ring (bicyclic) bond motifs is 1. The highest BCUT2D eigenvalue weighted by molar-refractivity contribution is 7.77. The highest BCUT2D eigenvalue weighted by Gasteiger charge is 2.33. The lowest BCUT2D eigenvalue weighted by Gasteiger charge is -2.34. The van der Waals surface area contributed by atoms with E-state index in [9.17, 15) is 9.90 Å². The number of aryl methyl sites for hydroxylation is 1. The Bertz CT molecular complexity index is 835. The van der Waals surface area contributed by atoms with Gasteiger partial charge in [0, 0.05) is 22.8 Å². The molecule has 2 aromatic rings. The fourth-order valence-corrected chi connectivity index (χ4v) is 5.40. The molecule has 1 aromatic heterocycles. The maximum atomic E-state index is 12.0. The van der Waals surface area contributed by atoms with Gasteiger partial charge in [0.15, 0.2) is 0 Å². The van der Waals surface area contributed by atoms with E-state index in [1.165, 1.54) is 4.88 Å². The van der Waals surface area contributed by atoms with Crippen LogP contribution in [-0.2, 0) is 12.8 Å². The fourth-order valence-electron chi connectivity index (χ4n) is 3.72. The van der Waals surface area contributed by atoms with Crippen LogP contribution in [0.15, 0.2) is 24.3 Å². The highest BCUT2D eigenvalue weighted by atomic mass is 32.1. The zero-order valence-electron chi connectivity index (χ0n) is 15.0. The normalized spacial score (nSPS) is 19.7. The van der Waals surface area contributed by atoms with Gasteiger partial charge in [-0.2, -0.15) is 0 Å². The van der Waals surface area contributed by atoms with E-state index in [4.69, 9.17) is 4.74 Å². The second kappa shape index (κ2) is 6.59. The molecule has 0 saturated carbocycles. The first-order valence-corrected chi connectivity index (χ1v) is 10.1. The molecule has 2 aliphatic rings. The average molecular weight is 390 g/mol. The van der Waals surface area contributed by atoms with Gasteiger partial charge in [0.1, 0.15) is 11.9 Å². The number of hydrogen-bond acceptors (Lipinski definition) is 5. The number of benzene rings is 1. The molecule has 1 aromatic carbocycles. The molecular formula is C20H23NO3S2. The lowest BCUT2D eigenvalue weighted by Crippen LogP contribution is -2.48. The first kappa shape index (κ1) is 17.9. The molecule has 0 radical (unpaired) electrons. The number of nitrogens with zero attached hydrogens (tertiary/aromatic N) is 1. The number of thiophene rings is 1. The number of carboxylic acids is 1. The predicted octanol–water partition coefficient (Wildman–Crippen LogP) is 4.54. The molecule has 2 heterocycles. The minimum atomic E-state index is -0.820. The van der Waals surface area contributed by atoms with Crippen molar-refractivity contribution in [1.29, 1.82) is 0 Å². The van der Waals surface area contributed by atoms with E-state index in [2.05, 4.69) is 26.7 Å². The highest BCUT2D eigenvalue weighted by Crippen LogP contribution is 2.45. The summed E-state index contributed by atoms with van der Waals surface area (Å²) in [5.41, 5.74) is 2.65. The van der Waals surface area contributed by atoms with Gasteiger partial charge in [0.2, 0.25) is 0 Å². The molecule has 1 aliphatic heterocycles. The van der Waals surface area contributed by atoms with Crippen molar-refractivity contribution in [3.05, 3.63) is 40.3 Å². The van der Waals surface area contributed by atoms with Crippen LogP contribution in [0.25, 0.3) is 10.4 Å². The van der Waals surface area contributed by atoms with Gasteiger partial charge in [-0.05, 0) is 60.1 Å². The van der Waals surface area contributed by atoms with Crippen LogP contribution in [0.4, 0.5) is 0 Å². The fraction of sp³-hybridized carbons (Fsp3) is 0.450. The predicted molar refractivity (Wildman–Crippen MR) is 107 cm³/mol. The van der Waals surface area contributed by atoms with Crippen molar-refractivity contribution in [3.63, 3.8) is 0 Å². The molecule has 1 N–H and O–H groups in total. The number of carbonyl (C=O) groups is 1. The quantitative estimate of drug-likeness (QED) is 0.754. The molecule has 1 fully saturated rings. The molecule has 138 valence electrons. The number of hydrogen-bond donors (Lipinski definition) is 2. The molecular weight excluding hydrogens is 366 g/mol. The van der Waals surface area contributed by atoms with Crippen LogP contribution in [0.3, 0.4) is 0 Å². The molecule has 1 aliphatic carbocycles. The minimum absolute atomic E-state index is 0.164. The third-order valence-corrected chi connectivity index (χ3v) is 6.90. The van der Waals surface area contributed by atoms with Gasteiger partial charge in [-0.3, -0.25) is 0 Å². The molecule has 0 atom stereocenters. The molecule has 4 rings (SSSR count). The Hall–Kier alpha value is -1.50. The zero-order chi connectivity index (χ0) is 18.5. The topological polar surface area (TPSA) is 49.8 Å². The van der Waals surface area contributed by atoms with E-state index in [-0.39, 0.29) is 11.5 Å². The summed E-state index contributed by atoms with van der Waals surface area (Å²) in [6.45, 7) is 6.08. The molecule has 4 nitrogen and oxygen atoms in total. The summed E-state index contributed by atoms with van der Waals surface area (Å²) in [6, 6.07) is 7.82. The van der Waals surface area contributed by atoms with Crippen LogP contribution in [-0.4, -0.2) is 34.6 Å². The van der Waals surface area contributed by atoms with E-state index >= 15 is 0 Å². The van der Waals surface area contributed by atoms with Gasteiger partial charge in [-0.1, -0.05) is 26.7 Å². The zero-order valence-corrected chi connectivity index (χ0v) is 16.7. The molecule has 1 saturated heterocycles. The number of thiol groups is 1. The summed E-state index contributed by atoms with van der Waals surface area (Å²) >= 11 is 5.89. The lowest BCUT2D eigenvalue weighted by molar-refractivity contribution is 0.0696. The third-order valence-electron chi connectivity index (χ3n) is 5.24. The monoisotopic (exact) mass is 389 g/mol. The number of aromatic carboxylic acids is 1. The molecule has 26 heavy (non-hydrogen) atoms. The lowest BCUT2D eigenvalue weighted by atomic mass is 9.76. The second-order valence-electron chi connectivity index (χ2n) is 7.99. The second-order valence-corrected chi connectivity index (χ2v) is 9.66. The molecule has 0 amide bonds. The van der Waals surface area contributed by atoms with E-state index < -0.39 is 5.97 Å². The van der Waals surface area contributed by atoms with Crippen molar-refractivity contribution < 1.29 is 14.6 Å². The SMILES string of the molecule is CC1(C)CCc2sc(-c3ccc(OC4CN(S)C4)cc3)c(C(=O)O)c2C1. The Labute approximate surface area is 163 Å². The summed E-state index contributed by atoms with van der Waals surface area (Å²) in [7, 11) is 0. The van der Waals surface area contributed by atoms with Gasteiger partial charge in [0.25, 0.3) is 0 Å². The summed E-state index contributed by atoms with van der Waals surface area (Å²) in [5.74, 6) is -0.00150. The smallest absolute Gasteiger partial charge is 0.337 e. The molecule has 0 unspecified atom stereocenters. The Morgan fingerprint density at radius 1 is 1.31 bits per heavy atom. The van der Waals surface area contributed by atoms with Crippen molar-refractivity contribution in [2.24, 2.45) is 5.41 Å². The van der Waals surface area contributed by atoms with Gasteiger partial charge < -0.3 is 9.84 Å². The van der Waals surface area contributed by atoms with Gasteiger partial charge in [-0.25, -0.2) is 9.10 Å². The number of ether oxygens (including phenoxy) is 1. The van der Waals surface area contributed by atoms with E-state index in [1.807, 2.05) is 28.6 Å². The van der Waals surface area contributed by atoms with E-state index in [0.29, 0.717) is 5.56 Å². The first-order valence-electron chi connectivity index (χ1n) is 8.91. The van der Waals surface area contributed by atoms with E-state index in [0.717, 1.165) is 54.1 Å². The Morgan fingerprint density at radius 3 is 2.62 bits per heavy atom. The average Bonchev–Trinajstić information content (AvgIpc) is 2.91. The van der Waals surface area contributed by atoms with E-state index in [1.54, 1.807) is 11.3 Å². The van der Waals surface area contributed by atoms with Crippen LogP contribution >= 0.6 is 24.2 Å². The van der Waals surface area contributed by atoms with Crippen LogP contribution in [0.2, 0.25) is 0 Å². The number of carboxylic acid groups (broad SMARTS) is 1. The van der Waals surface area contributed by atoms with Crippen LogP contribution < -0.4 is 4.74 Å². The van der Waals surface area contributed by atoms with Gasteiger partial charge >= 0.3 is 5.97 Å². The first-order chi connectivity index (χ1) is 12.3. The summed E-state index contributed by atoms with van der Waals surface area (Å²) in [6.07, 6.45) is 3.10. The van der Waals surface area contributed by atoms with Crippen molar-refractivity contribution in [2.45, 2.75) is 39.2 Å². The number of rotatable bonds is 4. The van der Waals surface area contributed by atoms with Crippen LogP contribution in [0.5, 0.6) is 5.75 Å². The van der Waals surface area contributed by atoms with Crippen molar-refractivity contribution >= 4 is 30.1 Å². The van der Waals surface area contributed by atoms with Crippen LogP contribution in [0, 0.1) is 5.41 Å². The van der Waals surface area contributed by atoms with Crippen LogP contribution in [0.1, 0.15) is 41.1 Å². The Morgan fingerprint density at radius 2 is 2.00 bits per heavy atom.